The molecule has 2 rings (SSSR count). The van der Waals surface area contributed by atoms with Crippen molar-refractivity contribution in [1.82, 2.24) is 0 Å². The van der Waals surface area contributed by atoms with E-state index in [1.807, 2.05) is 26.0 Å². The first-order chi connectivity index (χ1) is 9.38. The van der Waals surface area contributed by atoms with E-state index < -0.39 is 0 Å². The van der Waals surface area contributed by atoms with Crippen molar-refractivity contribution < 1.29 is 9.90 Å². The first kappa shape index (κ1) is 14.4. The van der Waals surface area contributed by atoms with Crippen molar-refractivity contribution in [2.45, 2.75) is 13.8 Å². The van der Waals surface area contributed by atoms with Crippen molar-refractivity contribution in [2.24, 2.45) is 0 Å². The van der Waals surface area contributed by atoms with Crippen LogP contribution < -0.4 is 11.1 Å². The smallest absolute Gasteiger partial charge is 0.255 e. The average Bonchev–Trinajstić information content (AvgIpc) is 2.39. The third-order valence-corrected chi connectivity index (χ3v) is 4.24. The minimum absolute atomic E-state index is 0.0965. The molecule has 0 atom stereocenters. The second-order valence-electron chi connectivity index (χ2n) is 4.65. The van der Waals surface area contributed by atoms with Gasteiger partial charge in [-0.25, -0.2) is 0 Å². The second-order valence-corrected chi connectivity index (χ2v) is 5.44. The van der Waals surface area contributed by atoms with Gasteiger partial charge in [-0.1, -0.05) is 15.9 Å². The van der Waals surface area contributed by atoms with Crippen LogP contribution in [0.4, 0.5) is 11.4 Å². The van der Waals surface area contributed by atoms with Crippen LogP contribution in [0.1, 0.15) is 21.5 Å². The molecule has 0 aliphatic rings. The number of nitrogens with one attached hydrogen (secondary N) is 1. The fourth-order valence-electron chi connectivity index (χ4n) is 1.91. The van der Waals surface area contributed by atoms with Crippen molar-refractivity contribution >= 4 is 33.2 Å². The zero-order chi connectivity index (χ0) is 14.9. The van der Waals surface area contributed by atoms with E-state index in [1.54, 1.807) is 6.07 Å². The van der Waals surface area contributed by atoms with E-state index in [9.17, 15) is 9.90 Å². The van der Waals surface area contributed by atoms with Crippen LogP contribution in [-0.2, 0) is 0 Å². The molecule has 2 aromatic rings. The number of aromatic hydroxyl groups is 1. The van der Waals surface area contributed by atoms with E-state index in [0.717, 1.165) is 15.6 Å². The third-order valence-electron chi connectivity index (χ3n) is 2.99. The maximum Gasteiger partial charge on any atom is 0.255 e. The highest BCUT2D eigenvalue weighted by Crippen LogP contribution is 2.26. The molecule has 0 aliphatic heterocycles. The summed E-state index contributed by atoms with van der Waals surface area (Å²) in [6, 6.07) is 8.19. The van der Waals surface area contributed by atoms with Crippen LogP contribution in [0.2, 0.25) is 0 Å². The van der Waals surface area contributed by atoms with Crippen LogP contribution in [-0.4, -0.2) is 11.0 Å². The predicted molar refractivity (Wildman–Crippen MR) is 84.1 cm³/mol. The lowest BCUT2D eigenvalue weighted by molar-refractivity contribution is 0.102. The summed E-state index contributed by atoms with van der Waals surface area (Å²) in [5, 5.41) is 12.3. The Labute approximate surface area is 125 Å². The zero-order valence-electron chi connectivity index (χ0n) is 11.2. The van der Waals surface area contributed by atoms with Crippen molar-refractivity contribution in [3.05, 3.63) is 51.5 Å². The van der Waals surface area contributed by atoms with E-state index >= 15 is 0 Å². The van der Waals surface area contributed by atoms with Gasteiger partial charge in [0.1, 0.15) is 5.75 Å². The summed E-state index contributed by atoms with van der Waals surface area (Å²) < 4.78 is 1.03. The molecule has 0 aliphatic carbocycles. The van der Waals surface area contributed by atoms with Gasteiger partial charge in [-0.05, 0) is 55.3 Å². The minimum atomic E-state index is -0.290. The van der Waals surface area contributed by atoms with Gasteiger partial charge in [-0.2, -0.15) is 0 Å². The highest BCUT2D eigenvalue weighted by molar-refractivity contribution is 9.10. The van der Waals surface area contributed by atoms with Crippen molar-refractivity contribution in [1.29, 1.82) is 0 Å². The Morgan fingerprint density at radius 1 is 1.20 bits per heavy atom. The van der Waals surface area contributed by atoms with Crippen LogP contribution in [0.5, 0.6) is 5.75 Å². The van der Waals surface area contributed by atoms with Crippen LogP contribution >= 0.6 is 15.9 Å². The summed E-state index contributed by atoms with van der Waals surface area (Å²) in [6.07, 6.45) is 0. The van der Waals surface area contributed by atoms with E-state index in [-0.39, 0.29) is 17.3 Å². The number of rotatable bonds is 2. The summed E-state index contributed by atoms with van der Waals surface area (Å²) in [5.41, 5.74) is 8.91. The molecule has 4 N–H and O–H groups in total. The Bertz CT molecular complexity index is 661. The summed E-state index contributed by atoms with van der Waals surface area (Å²) in [5.74, 6) is -0.387. The van der Waals surface area contributed by atoms with Crippen molar-refractivity contribution in [2.75, 3.05) is 11.1 Å². The molecule has 0 radical (unpaired) electrons. The van der Waals surface area contributed by atoms with E-state index in [0.29, 0.717) is 11.3 Å². The molecule has 0 aromatic heterocycles. The van der Waals surface area contributed by atoms with Crippen LogP contribution in [0.3, 0.4) is 0 Å². The topological polar surface area (TPSA) is 75.4 Å². The van der Waals surface area contributed by atoms with E-state index in [4.69, 9.17) is 5.73 Å². The number of carbonyl (C=O) groups excluding carboxylic acids is 1. The van der Waals surface area contributed by atoms with Gasteiger partial charge in [-0.15, -0.1) is 0 Å². The van der Waals surface area contributed by atoms with E-state index in [1.165, 1.54) is 12.1 Å². The van der Waals surface area contributed by atoms with Crippen LogP contribution in [0.15, 0.2) is 34.8 Å². The Balaban J connectivity index is 2.25. The number of hydrogen-bond donors (Lipinski definition) is 3. The molecule has 1 amide bonds. The lowest BCUT2D eigenvalue weighted by atomic mass is 10.1. The first-order valence-electron chi connectivity index (χ1n) is 6.05. The molecule has 0 spiro atoms. The highest BCUT2D eigenvalue weighted by atomic mass is 79.9. The lowest BCUT2D eigenvalue weighted by Crippen LogP contribution is -2.12. The molecule has 0 heterocycles. The van der Waals surface area contributed by atoms with Gasteiger partial charge in [-0.3, -0.25) is 4.79 Å². The largest absolute Gasteiger partial charge is 0.506 e. The Morgan fingerprint density at radius 3 is 2.35 bits per heavy atom. The van der Waals surface area contributed by atoms with Crippen molar-refractivity contribution in [3.63, 3.8) is 0 Å². The maximum atomic E-state index is 12.1. The monoisotopic (exact) mass is 334 g/mol. The normalized spacial score (nSPS) is 10.3. The number of halogens is 1. The maximum absolute atomic E-state index is 12.1. The standard InChI is InChI=1S/C15H15BrN2O2/c1-8-5-11(6-9(2)14(8)16)18-15(20)10-3-4-12(17)13(19)7-10/h3-7,19H,17H2,1-2H3,(H,18,20). The van der Waals surface area contributed by atoms with Crippen LogP contribution in [0.25, 0.3) is 0 Å². The number of phenols is 1. The van der Waals surface area contributed by atoms with E-state index in [2.05, 4.69) is 21.2 Å². The van der Waals surface area contributed by atoms with Crippen molar-refractivity contribution in [3.8, 4) is 5.75 Å². The molecule has 0 bridgehead atoms. The number of anilines is 2. The quantitative estimate of drug-likeness (QED) is 0.580. The minimum Gasteiger partial charge on any atom is -0.506 e. The fraction of sp³-hybridized carbons (Fsp3) is 0.133. The van der Waals surface area contributed by atoms with Gasteiger partial charge >= 0.3 is 0 Å². The fourth-order valence-corrected chi connectivity index (χ4v) is 2.14. The molecule has 0 saturated carbocycles. The van der Waals surface area contributed by atoms with Gasteiger partial charge in [0.2, 0.25) is 0 Å². The zero-order valence-corrected chi connectivity index (χ0v) is 12.8. The SMILES string of the molecule is Cc1cc(NC(=O)c2ccc(N)c(O)c2)cc(C)c1Br. The molecule has 0 unspecified atom stereocenters. The van der Waals surface area contributed by atoms with Crippen LogP contribution in [0, 0.1) is 13.8 Å². The molecule has 2 aromatic carbocycles. The molecule has 4 nitrogen and oxygen atoms in total. The number of hydrogen-bond acceptors (Lipinski definition) is 3. The highest BCUT2D eigenvalue weighted by Gasteiger charge is 2.10. The molecular formula is C15H15BrN2O2. The van der Waals surface area contributed by atoms with Gasteiger partial charge in [0, 0.05) is 15.7 Å². The number of benzene rings is 2. The molecule has 104 valence electrons. The van der Waals surface area contributed by atoms with Gasteiger partial charge in [0.05, 0.1) is 5.69 Å². The number of phenolic OH excluding ortho intramolecular Hbond substituents is 1. The molecule has 0 saturated heterocycles. The predicted octanol–water partition coefficient (Wildman–Crippen LogP) is 3.61. The van der Waals surface area contributed by atoms with Gasteiger partial charge in [0.25, 0.3) is 5.91 Å². The Kier molecular flexibility index (Phi) is 3.99. The summed E-state index contributed by atoms with van der Waals surface area (Å²) >= 11 is 3.48. The van der Waals surface area contributed by atoms with Gasteiger partial charge < -0.3 is 16.2 Å². The number of amides is 1. The number of nitrogens with two attached hydrogens (primary N) is 1. The summed E-state index contributed by atoms with van der Waals surface area (Å²) in [6.45, 7) is 3.92. The average molecular weight is 335 g/mol. The Hall–Kier alpha value is -2.01. The molecule has 20 heavy (non-hydrogen) atoms. The number of carbonyl (C=O) groups is 1. The molecular weight excluding hydrogens is 320 g/mol. The lowest BCUT2D eigenvalue weighted by Gasteiger charge is -2.10. The summed E-state index contributed by atoms with van der Waals surface area (Å²) in [4.78, 5) is 12.1. The molecule has 5 heteroatoms. The number of nitrogen functional groups attached to an aromatic ring is 1. The molecule has 0 fully saturated rings. The second kappa shape index (κ2) is 5.54. The third kappa shape index (κ3) is 2.93. The Morgan fingerprint density at radius 2 is 1.80 bits per heavy atom. The number of aryl methyl sites for hydroxylation is 2. The first-order valence-corrected chi connectivity index (χ1v) is 6.84. The van der Waals surface area contributed by atoms with Gasteiger partial charge in [0.15, 0.2) is 0 Å². The summed E-state index contributed by atoms with van der Waals surface area (Å²) in [7, 11) is 0.